The summed E-state index contributed by atoms with van der Waals surface area (Å²) >= 11 is 11.8. The van der Waals surface area contributed by atoms with Crippen molar-refractivity contribution in [3.05, 3.63) is 40.8 Å². The molecule has 0 fully saturated rings. The van der Waals surface area contributed by atoms with E-state index in [9.17, 15) is 17.2 Å². The summed E-state index contributed by atoms with van der Waals surface area (Å²) in [5, 5.41) is 4.16. The van der Waals surface area contributed by atoms with Gasteiger partial charge in [-0.15, -0.1) is 0 Å². The zero-order chi connectivity index (χ0) is 16.8. The summed E-state index contributed by atoms with van der Waals surface area (Å²) in [7, 11) is -4.02. The van der Waals surface area contributed by atoms with Crippen molar-refractivity contribution in [2.24, 2.45) is 0 Å². The van der Waals surface area contributed by atoms with Gasteiger partial charge in [0.15, 0.2) is 0 Å². The lowest BCUT2D eigenvalue weighted by molar-refractivity contribution is 0.0566. The van der Waals surface area contributed by atoms with Crippen LogP contribution in [0.5, 0.6) is 0 Å². The zero-order valence-electron chi connectivity index (χ0n) is 11.1. The normalized spacial score (nSPS) is 12.2. The Morgan fingerprint density at radius 1 is 1.26 bits per heavy atom. The van der Waals surface area contributed by atoms with E-state index < -0.39 is 16.6 Å². The van der Waals surface area contributed by atoms with Crippen LogP contribution in [0.3, 0.4) is 0 Å². The van der Waals surface area contributed by atoms with Crippen molar-refractivity contribution in [1.82, 2.24) is 14.8 Å². The van der Waals surface area contributed by atoms with Crippen molar-refractivity contribution in [2.75, 3.05) is 4.72 Å². The van der Waals surface area contributed by atoms with Crippen molar-refractivity contribution in [3.8, 4) is 0 Å². The third kappa shape index (κ3) is 2.99. The lowest BCUT2D eigenvalue weighted by atomic mass is 10.2. The van der Waals surface area contributed by atoms with E-state index >= 15 is 0 Å². The molecule has 2 aromatic heterocycles. The number of H-pyrrole nitrogens is 1. The highest BCUT2D eigenvalue weighted by atomic mass is 35.5. The Bertz CT molecular complexity index is 984. The minimum atomic E-state index is -4.02. The van der Waals surface area contributed by atoms with Crippen LogP contribution >= 0.6 is 23.2 Å². The van der Waals surface area contributed by atoms with Crippen LogP contribution in [-0.2, 0) is 10.0 Å². The molecule has 0 atom stereocenters. The SMILES string of the molecule is O=S(=O)(Nc1cnn(C(F)F)c1)c1c[nH]c2cc(Cl)c(Cl)cc12. The highest BCUT2D eigenvalue weighted by molar-refractivity contribution is 7.93. The smallest absolute Gasteiger partial charge is 0.333 e. The number of nitrogens with zero attached hydrogens (tertiary/aromatic N) is 2. The molecule has 0 bridgehead atoms. The summed E-state index contributed by atoms with van der Waals surface area (Å²) in [6, 6.07) is 2.90. The average molecular weight is 381 g/mol. The number of aromatic nitrogens is 3. The Morgan fingerprint density at radius 3 is 2.61 bits per heavy atom. The highest BCUT2D eigenvalue weighted by Crippen LogP contribution is 2.32. The predicted octanol–water partition coefficient (Wildman–Crippen LogP) is 3.87. The summed E-state index contributed by atoms with van der Waals surface area (Å²) < 4.78 is 52.3. The van der Waals surface area contributed by atoms with Crippen molar-refractivity contribution in [2.45, 2.75) is 11.4 Å². The molecule has 3 aromatic rings. The number of rotatable bonds is 4. The fourth-order valence-electron chi connectivity index (χ4n) is 2.02. The van der Waals surface area contributed by atoms with Crippen LogP contribution in [0.1, 0.15) is 6.55 Å². The van der Waals surface area contributed by atoms with Gasteiger partial charge in [-0.2, -0.15) is 13.9 Å². The molecule has 0 aliphatic carbocycles. The second-order valence-electron chi connectivity index (χ2n) is 4.56. The molecule has 1 aromatic carbocycles. The second kappa shape index (κ2) is 5.66. The van der Waals surface area contributed by atoms with Crippen LogP contribution in [0.15, 0.2) is 35.6 Å². The van der Waals surface area contributed by atoms with Crippen molar-refractivity contribution in [3.63, 3.8) is 0 Å². The molecule has 0 unspecified atom stereocenters. The van der Waals surface area contributed by atoms with Gasteiger partial charge in [0.2, 0.25) is 0 Å². The minimum Gasteiger partial charge on any atom is -0.360 e. The van der Waals surface area contributed by atoms with Crippen LogP contribution < -0.4 is 4.72 Å². The molecule has 122 valence electrons. The van der Waals surface area contributed by atoms with E-state index in [0.29, 0.717) is 15.6 Å². The number of hydrogen-bond donors (Lipinski definition) is 2. The number of sulfonamides is 1. The van der Waals surface area contributed by atoms with Gasteiger partial charge in [0.05, 0.1) is 28.1 Å². The van der Waals surface area contributed by atoms with Gasteiger partial charge in [-0.1, -0.05) is 23.2 Å². The molecule has 11 heteroatoms. The molecule has 0 amide bonds. The fraction of sp³-hybridized carbons (Fsp3) is 0.0833. The first-order valence-corrected chi connectivity index (χ1v) is 8.33. The summed E-state index contributed by atoms with van der Waals surface area (Å²) in [4.78, 5) is 2.68. The maximum absolute atomic E-state index is 12.5. The number of halogens is 4. The molecule has 2 heterocycles. The molecule has 0 saturated heterocycles. The standard InChI is InChI=1S/C12H8Cl2F2N4O2S/c13-8-1-7-10(2-9(8)14)17-4-11(7)23(21,22)19-6-3-18-20(5-6)12(15)16/h1-5,12,17,19H. The average Bonchev–Trinajstić information content (AvgIpc) is 3.06. The molecule has 0 spiro atoms. The van der Waals surface area contributed by atoms with E-state index in [1.54, 1.807) is 0 Å². The van der Waals surface area contributed by atoms with Gasteiger partial charge in [-0.3, -0.25) is 4.72 Å². The highest BCUT2D eigenvalue weighted by Gasteiger charge is 2.21. The first kappa shape index (κ1) is 16.0. The number of hydrogen-bond acceptors (Lipinski definition) is 3. The quantitative estimate of drug-likeness (QED) is 0.720. The molecular formula is C12H8Cl2F2N4O2S. The Kier molecular flexibility index (Phi) is 3.95. The van der Waals surface area contributed by atoms with Crippen LogP contribution in [0.2, 0.25) is 10.0 Å². The van der Waals surface area contributed by atoms with Crippen LogP contribution in [0, 0.1) is 0 Å². The number of alkyl halides is 2. The van der Waals surface area contributed by atoms with E-state index in [1.807, 2.05) is 0 Å². The number of aromatic amines is 1. The number of anilines is 1. The Morgan fingerprint density at radius 2 is 1.96 bits per heavy atom. The molecule has 0 saturated carbocycles. The number of benzene rings is 1. The number of fused-ring (bicyclic) bond motifs is 1. The van der Waals surface area contributed by atoms with E-state index in [-0.39, 0.29) is 20.6 Å². The van der Waals surface area contributed by atoms with Gasteiger partial charge in [-0.25, -0.2) is 13.1 Å². The lowest BCUT2D eigenvalue weighted by Crippen LogP contribution is -2.12. The minimum absolute atomic E-state index is 0.0836. The van der Waals surface area contributed by atoms with Crippen LogP contribution in [-0.4, -0.2) is 23.2 Å². The molecule has 3 rings (SSSR count). The molecule has 2 N–H and O–H groups in total. The van der Waals surface area contributed by atoms with Gasteiger partial charge < -0.3 is 4.98 Å². The van der Waals surface area contributed by atoms with E-state index in [1.165, 1.54) is 18.3 Å². The van der Waals surface area contributed by atoms with E-state index in [0.717, 1.165) is 12.4 Å². The van der Waals surface area contributed by atoms with E-state index in [2.05, 4.69) is 14.8 Å². The summed E-state index contributed by atoms with van der Waals surface area (Å²) in [5.74, 6) is 0. The summed E-state index contributed by atoms with van der Waals surface area (Å²) in [5.41, 5.74) is 0.391. The fourth-order valence-corrected chi connectivity index (χ4v) is 3.55. The van der Waals surface area contributed by atoms with Gasteiger partial charge in [-0.05, 0) is 12.1 Å². The maximum Gasteiger partial charge on any atom is 0.333 e. The van der Waals surface area contributed by atoms with Crippen LogP contribution in [0.25, 0.3) is 10.9 Å². The van der Waals surface area contributed by atoms with Crippen molar-refractivity contribution < 1.29 is 17.2 Å². The Hall–Kier alpha value is -1.84. The molecular weight excluding hydrogens is 373 g/mol. The monoisotopic (exact) mass is 380 g/mol. The lowest BCUT2D eigenvalue weighted by Gasteiger charge is -2.05. The number of nitrogens with one attached hydrogen (secondary N) is 2. The van der Waals surface area contributed by atoms with Gasteiger partial charge in [0.25, 0.3) is 10.0 Å². The molecule has 0 aliphatic rings. The third-order valence-corrected chi connectivity index (χ3v) is 5.17. The Labute approximate surface area is 139 Å². The predicted molar refractivity (Wildman–Crippen MR) is 82.6 cm³/mol. The van der Waals surface area contributed by atoms with Gasteiger partial charge in [0.1, 0.15) is 4.90 Å². The largest absolute Gasteiger partial charge is 0.360 e. The second-order valence-corrected chi connectivity index (χ2v) is 7.02. The van der Waals surface area contributed by atoms with Crippen LogP contribution in [0.4, 0.5) is 14.5 Å². The summed E-state index contributed by atoms with van der Waals surface area (Å²) in [6.45, 7) is -2.86. The van der Waals surface area contributed by atoms with E-state index in [4.69, 9.17) is 23.2 Å². The third-order valence-electron chi connectivity index (χ3n) is 3.03. The van der Waals surface area contributed by atoms with Crippen molar-refractivity contribution in [1.29, 1.82) is 0 Å². The van der Waals surface area contributed by atoms with Gasteiger partial charge >= 0.3 is 6.55 Å². The topological polar surface area (TPSA) is 79.8 Å². The first-order valence-electron chi connectivity index (χ1n) is 6.09. The molecule has 0 radical (unpaired) electrons. The molecule has 6 nitrogen and oxygen atoms in total. The Balaban J connectivity index is 2.00. The van der Waals surface area contributed by atoms with Crippen molar-refractivity contribution >= 4 is 49.8 Å². The zero-order valence-corrected chi connectivity index (χ0v) is 13.4. The maximum atomic E-state index is 12.5. The molecule has 23 heavy (non-hydrogen) atoms. The van der Waals surface area contributed by atoms with Gasteiger partial charge in [0, 0.05) is 17.1 Å². The first-order chi connectivity index (χ1) is 10.8. The molecule has 0 aliphatic heterocycles. The summed E-state index contributed by atoms with van der Waals surface area (Å²) in [6.07, 6.45) is 3.14.